The number of nitrogens with zero attached hydrogens (tertiary/aromatic N) is 4. The molecular formula is C33H33BN6. The topological polar surface area (TPSA) is 63.8 Å². The van der Waals surface area contributed by atoms with Gasteiger partial charge < -0.3 is 14.8 Å². The molecule has 2 atom stereocenters. The van der Waals surface area contributed by atoms with Crippen molar-refractivity contribution in [2.24, 2.45) is 0 Å². The van der Waals surface area contributed by atoms with Crippen molar-refractivity contribution in [1.29, 1.82) is 0 Å². The molecular weight excluding hydrogens is 491 g/mol. The Balaban J connectivity index is 1.19. The summed E-state index contributed by atoms with van der Waals surface area (Å²) in [5.74, 6) is 2.17. The predicted octanol–water partition coefficient (Wildman–Crippen LogP) is 6.38. The van der Waals surface area contributed by atoms with Crippen LogP contribution in [-0.2, 0) is 0 Å². The molecule has 0 aliphatic carbocycles. The Hall–Kier alpha value is -3.94. The van der Waals surface area contributed by atoms with Gasteiger partial charge in [-0.1, -0.05) is 48.5 Å². The number of aromatic nitrogens is 4. The molecule has 6 aromatic rings. The van der Waals surface area contributed by atoms with Crippen LogP contribution >= 0.6 is 0 Å². The lowest BCUT2D eigenvalue weighted by molar-refractivity contribution is 0.307. The van der Waals surface area contributed by atoms with Crippen LogP contribution in [0.25, 0.3) is 55.1 Å². The Bertz CT molecular complexity index is 1750. The molecule has 198 valence electrons. The van der Waals surface area contributed by atoms with E-state index in [4.69, 9.17) is 9.97 Å². The summed E-state index contributed by atoms with van der Waals surface area (Å²) in [7, 11) is 4.39. The van der Waals surface area contributed by atoms with E-state index in [0.717, 1.165) is 59.6 Å². The average molecular weight is 524 g/mol. The molecule has 8 rings (SSSR count). The van der Waals surface area contributed by atoms with Crippen molar-refractivity contribution in [1.82, 2.24) is 29.6 Å². The number of nitrogens with one attached hydrogen (secondary N) is 2. The van der Waals surface area contributed by atoms with Gasteiger partial charge in [-0.15, -0.1) is 0 Å². The van der Waals surface area contributed by atoms with Gasteiger partial charge in [-0.3, -0.25) is 4.90 Å². The number of hydrogen-bond acceptors (Lipinski definition) is 4. The maximum atomic E-state index is 5.03. The van der Waals surface area contributed by atoms with Gasteiger partial charge in [0.1, 0.15) is 11.6 Å². The minimum absolute atomic E-state index is 0.387. The smallest absolute Gasteiger partial charge is 0.186 e. The first-order valence-electron chi connectivity index (χ1n) is 14.5. The summed E-state index contributed by atoms with van der Waals surface area (Å²) in [5, 5.41) is 2.50. The van der Waals surface area contributed by atoms with Gasteiger partial charge in [0.25, 0.3) is 0 Å². The van der Waals surface area contributed by atoms with Gasteiger partial charge in [-0.2, -0.15) is 0 Å². The van der Waals surface area contributed by atoms with Crippen molar-refractivity contribution in [3.63, 3.8) is 0 Å². The number of aromatic amines is 2. The van der Waals surface area contributed by atoms with Gasteiger partial charge in [-0.25, -0.2) is 9.97 Å². The Kier molecular flexibility index (Phi) is 5.57. The fourth-order valence-electron chi connectivity index (χ4n) is 7.03. The van der Waals surface area contributed by atoms with Crippen LogP contribution < -0.4 is 0 Å². The standard InChI is InChI=1S/C33H33BN6/c1-39-16-4-10-30(39)32-35-26-14-12-20(18-28(26)37-32)22-6-2-9-25-23(7-3-8-24(22)25)21-13-15-27-29(19-21)38-33(36-27)31-11-5-17-40(31)34/h2-3,6-9,12-15,18-19,30-31H,4-5,10-11,16-17,34H2,1H3,(H,35,37)(H,36,38)/t30-,31-/m0/s1. The molecule has 2 aliphatic heterocycles. The van der Waals surface area contributed by atoms with Crippen LogP contribution in [0.4, 0.5) is 0 Å². The molecule has 6 nitrogen and oxygen atoms in total. The molecule has 2 N–H and O–H groups in total. The maximum Gasteiger partial charge on any atom is 0.186 e. The number of hydrogen-bond donors (Lipinski definition) is 2. The van der Waals surface area contributed by atoms with E-state index in [0.29, 0.717) is 12.1 Å². The number of H-pyrrole nitrogens is 2. The number of rotatable bonds is 4. The molecule has 0 radical (unpaired) electrons. The average Bonchev–Trinajstić information content (AvgIpc) is 3.77. The highest BCUT2D eigenvalue weighted by Crippen LogP contribution is 2.37. The minimum atomic E-state index is 0.387. The summed E-state index contributed by atoms with van der Waals surface area (Å²) < 4.78 is 0. The number of fused-ring (bicyclic) bond motifs is 3. The van der Waals surface area contributed by atoms with Crippen molar-refractivity contribution in [2.75, 3.05) is 20.1 Å². The molecule has 2 fully saturated rings. The van der Waals surface area contributed by atoms with Crippen molar-refractivity contribution in [3.8, 4) is 22.3 Å². The first kappa shape index (κ1) is 23.9. The van der Waals surface area contributed by atoms with Crippen molar-refractivity contribution < 1.29 is 0 Å². The lowest BCUT2D eigenvalue weighted by Crippen LogP contribution is -2.20. The number of likely N-dealkylation sites (tertiary alicyclic amines) is 1. The molecule has 0 amide bonds. The highest BCUT2D eigenvalue weighted by Gasteiger charge is 2.26. The van der Waals surface area contributed by atoms with Gasteiger partial charge in [0.15, 0.2) is 7.98 Å². The molecule has 2 aliphatic rings. The van der Waals surface area contributed by atoms with Crippen molar-refractivity contribution >= 4 is 40.8 Å². The van der Waals surface area contributed by atoms with Crippen LogP contribution in [0.15, 0.2) is 72.8 Å². The van der Waals surface area contributed by atoms with Gasteiger partial charge in [0.2, 0.25) is 0 Å². The molecule has 0 bridgehead atoms. The molecule has 4 aromatic carbocycles. The van der Waals surface area contributed by atoms with Gasteiger partial charge >= 0.3 is 0 Å². The highest BCUT2D eigenvalue weighted by molar-refractivity contribution is 6.06. The molecule has 2 saturated heterocycles. The third-order valence-electron chi connectivity index (χ3n) is 9.22. The summed E-state index contributed by atoms with van der Waals surface area (Å²) in [4.78, 5) is 22.0. The molecule has 2 aromatic heterocycles. The highest BCUT2D eigenvalue weighted by atomic mass is 15.2. The summed E-state index contributed by atoms with van der Waals surface area (Å²) in [6.45, 7) is 2.27. The lowest BCUT2D eigenvalue weighted by Gasteiger charge is -2.16. The molecule has 0 spiro atoms. The second-order valence-electron chi connectivity index (χ2n) is 11.7. The molecule has 0 unspecified atom stereocenters. The van der Waals surface area contributed by atoms with E-state index in [1.165, 1.54) is 45.9 Å². The van der Waals surface area contributed by atoms with E-state index in [-0.39, 0.29) is 0 Å². The van der Waals surface area contributed by atoms with Crippen LogP contribution in [0.1, 0.15) is 49.4 Å². The molecule has 40 heavy (non-hydrogen) atoms. The third-order valence-corrected chi connectivity index (χ3v) is 9.22. The van der Waals surface area contributed by atoms with Crippen LogP contribution in [0.5, 0.6) is 0 Å². The second kappa shape index (κ2) is 9.32. The molecule has 7 heteroatoms. The zero-order valence-electron chi connectivity index (χ0n) is 23.1. The third kappa shape index (κ3) is 3.87. The molecule has 0 saturated carbocycles. The Morgan fingerprint density at radius 1 is 0.700 bits per heavy atom. The predicted molar refractivity (Wildman–Crippen MR) is 166 cm³/mol. The minimum Gasteiger partial charge on any atom is -0.341 e. The van der Waals surface area contributed by atoms with E-state index in [9.17, 15) is 0 Å². The van der Waals surface area contributed by atoms with Crippen molar-refractivity contribution in [3.05, 3.63) is 84.4 Å². The first-order valence-corrected chi connectivity index (χ1v) is 14.5. The van der Waals surface area contributed by atoms with Gasteiger partial charge in [-0.05, 0) is 103 Å². The second-order valence-corrected chi connectivity index (χ2v) is 11.7. The van der Waals surface area contributed by atoms with E-state index in [1.54, 1.807) is 0 Å². The van der Waals surface area contributed by atoms with E-state index in [2.05, 4.69) is 108 Å². The lowest BCUT2D eigenvalue weighted by atomic mass is 9.93. The summed E-state index contributed by atoms with van der Waals surface area (Å²) in [5.41, 5.74) is 9.14. The number of benzene rings is 4. The normalized spacial score (nSPS) is 20.4. The Morgan fingerprint density at radius 3 is 1.77 bits per heavy atom. The van der Waals surface area contributed by atoms with Gasteiger partial charge in [0.05, 0.1) is 34.2 Å². The quantitative estimate of drug-likeness (QED) is 0.263. The zero-order valence-corrected chi connectivity index (χ0v) is 23.1. The molecule has 4 heterocycles. The van der Waals surface area contributed by atoms with E-state index in [1.807, 2.05) is 0 Å². The Labute approximate surface area is 234 Å². The SMILES string of the molecule is BN1CCC[C@H]1c1nc2cc(-c3cccc4c(-c5ccc6[nH]c([C@@H]7CCCN7C)nc6c5)cccc34)ccc2[nH]1. The van der Waals surface area contributed by atoms with Crippen LogP contribution in [0, 0.1) is 0 Å². The van der Waals surface area contributed by atoms with Crippen molar-refractivity contribution in [2.45, 2.75) is 37.8 Å². The largest absolute Gasteiger partial charge is 0.341 e. The fourth-order valence-corrected chi connectivity index (χ4v) is 7.03. The summed E-state index contributed by atoms with van der Waals surface area (Å²) in [6.07, 6.45) is 4.79. The maximum absolute atomic E-state index is 5.03. The Morgan fingerprint density at radius 2 is 1.25 bits per heavy atom. The van der Waals surface area contributed by atoms with Gasteiger partial charge in [0, 0.05) is 0 Å². The van der Waals surface area contributed by atoms with Crippen LogP contribution in [0.3, 0.4) is 0 Å². The van der Waals surface area contributed by atoms with Crippen LogP contribution in [-0.4, -0.2) is 57.8 Å². The number of imidazole rings is 2. The first-order chi connectivity index (χ1) is 19.6. The van der Waals surface area contributed by atoms with Crippen LogP contribution in [0.2, 0.25) is 0 Å². The fraction of sp³-hybridized carbons (Fsp3) is 0.273. The monoisotopic (exact) mass is 524 g/mol. The van der Waals surface area contributed by atoms with E-state index < -0.39 is 0 Å². The zero-order chi connectivity index (χ0) is 26.8. The van der Waals surface area contributed by atoms with E-state index >= 15 is 0 Å². The summed E-state index contributed by atoms with van der Waals surface area (Å²) in [6, 6.07) is 27.4. The summed E-state index contributed by atoms with van der Waals surface area (Å²) >= 11 is 0.